The van der Waals surface area contributed by atoms with Gasteiger partial charge in [-0.2, -0.15) is 0 Å². The molecule has 22 heavy (non-hydrogen) atoms. The average molecular weight is 325 g/mol. The number of para-hydroxylation sites is 2. The lowest BCUT2D eigenvalue weighted by atomic mass is 10.3. The van der Waals surface area contributed by atoms with Gasteiger partial charge in [0.15, 0.2) is 0 Å². The fourth-order valence-corrected chi connectivity index (χ4v) is 4.59. The molecule has 3 nitrogen and oxygen atoms in total. The lowest BCUT2D eigenvalue weighted by Gasteiger charge is -2.12. The predicted octanol–water partition coefficient (Wildman–Crippen LogP) is 4.54. The van der Waals surface area contributed by atoms with Crippen LogP contribution < -0.4 is 0 Å². The van der Waals surface area contributed by atoms with Gasteiger partial charge < -0.3 is 0 Å². The average Bonchev–Trinajstić information content (AvgIpc) is 3.08. The molecule has 0 fully saturated rings. The third-order valence-electron chi connectivity index (χ3n) is 3.49. The first-order chi connectivity index (χ1) is 10.8. The van der Waals surface area contributed by atoms with E-state index in [4.69, 9.17) is 9.97 Å². The zero-order chi connectivity index (χ0) is 14.9. The zero-order valence-corrected chi connectivity index (χ0v) is 13.8. The van der Waals surface area contributed by atoms with Gasteiger partial charge in [0.1, 0.15) is 10.0 Å². The molecule has 0 saturated carbocycles. The SMILES string of the molecule is CN(Cc1nc2ccccc2s1)Cc1nc2ccccc2s1. The van der Waals surface area contributed by atoms with Gasteiger partial charge in [-0.3, -0.25) is 4.90 Å². The number of fused-ring (bicyclic) bond motifs is 2. The van der Waals surface area contributed by atoms with E-state index in [-0.39, 0.29) is 0 Å². The van der Waals surface area contributed by atoms with E-state index in [0.29, 0.717) is 0 Å². The summed E-state index contributed by atoms with van der Waals surface area (Å²) in [4.78, 5) is 11.7. The number of aromatic nitrogens is 2. The molecule has 0 aliphatic heterocycles. The van der Waals surface area contributed by atoms with E-state index in [9.17, 15) is 0 Å². The summed E-state index contributed by atoms with van der Waals surface area (Å²) in [5, 5.41) is 2.31. The van der Waals surface area contributed by atoms with Crippen LogP contribution >= 0.6 is 22.7 Å². The molecule has 0 aliphatic carbocycles. The van der Waals surface area contributed by atoms with E-state index in [0.717, 1.165) is 34.1 Å². The van der Waals surface area contributed by atoms with Crippen LogP contribution in [0.15, 0.2) is 48.5 Å². The van der Waals surface area contributed by atoms with E-state index in [1.807, 2.05) is 12.1 Å². The number of benzene rings is 2. The first kappa shape index (κ1) is 13.8. The molecule has 0 amide bonds. The molecule has 0 atom stereocenters. The molecule has 0 N–H and O–H groups in total. The Bertz CT molecular complexity index is 784. The molecule has 2 heterocycles. The van der Waals surface area contributed by atoms with Gasteiger partial charge in [-0.05, 0) is 31.3 Å². The third kappa shape index (κ3) is 2.75. The largest absolute Gasteiger partial charge is 0.293 e. The normalized spacial score (nSPS) is 11.7. The van der Waals surface area contributed by atoms with Crippen LogP contribution in [0.5, 0.6) is 0 Å². The van der Waals surface area contributed by atoms with Crippen molar-refractivity contribution in [3.05, 3.63) is 58.5 Å². The standard InChI is InChI=1S/C17H15N3S2/c1-20(10-16-18-12-6-2-4-8-14(12)21-16)11-17-19-13-7-3-5-9-15(13)22-17/h2-9H,10-11H2,1H3. The highest BCUT2D eigenvalue weighted by Gasteiger charge is 2.09. The van der Waals surface area contributed by atoms with Gasteiger partial charge >= 0.3 is 0 Å². The highest BCUT2D eigenvalue weighted by atomic mass is 32.1. The fraction of sp³-hybridized carbons (Fsp3) is 0.176. The maximum absolute atomic E-state index is 4.70. The van der Waals surface area contributed by atoms with Crippen molar-refractivity contribution >= 4 is 43.1 Å². The minimum absolute atomic E-state index is 0.856. The molecular formula is C17H15N3S2. The first-order valence-electron chi connectivity index (χ1n) is 7.15. The van der Waals surface area contributed by atoms with Crippen LogP contribution in [0.1, 0.15) is 10.0 Å². The van der Waals surface area contributed by atoms with E-state index in [1.54, 1.807) is 22.7 Å². The van der Waals surface area contributed by atoms with Crippen molar-refractivity contribution < 1.29 is 0 Å². The van der Waals surface area contributed by atoms with E-state index < -0.39 is 0 Å². The van der Waals surface area contributed by atoms with Crippen LogP contribution in [0.25, 0.3) is 20.4 Å². The van der Waals surface area contributed by atoms with Gasteiger partial charge in [-0.25, -0.2) is 9.97 Å². The summed E-state index contributed by atoms with van der Waals surface area (Å²) in [5.74, 6) is 0. The van der Waals surface area contributed by atoms with Crippen molar-refractivity contribution in [1.29, 1.82) is 0 Å². The van der Waals surface area contributed by atoms with Gasteiger partial charge in [0, 0.05) is 0 Å². The molecular weight excluding hydrogens is 310 g/mol. The van der Waals surface area contributed by atoms with Gasteiger partial charge in [0.2, 0.25) is 0 Å². The topological polar surface area (TPSA) is 29.0 Å². The smallest absolute Gasteiger partial charge is 0.108 e. The lowest BCUT2D eigenvalue weighted by molar-refractivity contribution is 0.318. The van der Waals surface area contributed by atoms with E-state index in [1.165, 1.54) is 9.40 Å². The molecule has 0 aliphatic rings. The van der Waals surface area contributed by atoms with Crippen LogP contribution in [0.2, 0.25) is 0 Å². The summed E-state index contributed by atoms with van der Waals surface area (Å²) >= 11 is 3.54. The maximum Gasteiger partial charge on any atom is 0.108 e. The van der Waals surface area contributed by atoms with Crippen molar-refractivity contribution in [2.24, 2.45) is 0 Å². The van der Waals surface area contributed by atoms with Gasteiger partial charge in [-0.15, -0.1) is 22.7 Å². The molecule has 2 aromatic heterocycles. The minimum atomic E-state index is 0.856. The Morgan fingerprint density at radius 3 is 1.68 bits per heavy atom. The summed E-state index contributed by atoms with van der Waals surface area (Å²) in [6.45, 7) is 1.71. The summed E-state index contributed by atoms with van der Waals surface area (Å²) in [5.41, 5.74) is 2.19. The quantitative estimate of drug-likeness (QED) is 0.552. The van der Waals surface area contributed by atoms with Crippen LogP contribution in [-0.2, 0) is 13.1 Å². The monoisotopic (exact) mass is 325 g/mol. The van der Waals surface area contributed by atoms with Crippen molar-refractivity contribution in [2.45, 2.75) is 13.1 Å². The number of rotatable bonds is 4. The second kappa shape index (κ2) is 5.76. The minimum Gasteiger partial charge on any atom is -0.293 e. The third-order valence-corrected chi connectivity index (χ3v) is 5.53. The van der Waals surface area contributed by atoms with Crippen LogP contribution in [0.3, 0.4) is 0 Å². The van der Waals surface area contributed by atoms with Gasteiger partial charge in [0.05, 0.1) is 33.5 Å². The van der Waals surface area contributed by atoms with E-state index in [2.05, 4.69) is 48.3 Å². The number of hydrogen-bond acceptors (Lipinski definition) is 5. The molecule has 4 rings (SSSR count). The zero-order valence-electron chi connectivity index (χ0n) is 12.2. The number of nitrogens with zero attached hydrogens (tertiary/aromatic N) is 3. The number of hydrogen-bond donors (Lipinski definition) is 0. The van der Waals surface area contributed by atoms with Crippen molar-refractivity contribution in [3.63, 3.8) is 0 Å². The van der Waals surface area contributed by atoms with Crippen molar-refractivity contribution in [3.8, 4) is 0 Å². The van der Waals surface area contributed by atoms with Crippen molar-refractivity contribution in [1.82, 2.24) is 14.9 Å². The summed E-state index contributed by atoms with van der Waals surface area (Å²) in [6.07, 6.45) is 0. The molecule has 5 heteroatoms. The van der Waals surface area contributed by atoms with Gasteiger partial charge in [-0.1, -0.05) is 24.3 Å². The molecule has 2 aromatic carbocycles. The Morgan fingerprint density at radius 1 is 0.773 bits per heavy atom. The Morgan fingerprint density at radius 2 is 1.23 bits per heavy atom. The van der Waals surface area contributed by atoms with Gasteiger partial charge in [0.25, 0.3) is 0 Å². The molecule has 0 radical (unpaired) electrons. The first-order valence-corrected chi connectivity index (χ1v) is 8.79. The summed E-state index contributed by atoms with van der Waals surface area (Å²) in [6, 6.07) is 16.6. The Hall–Kier alpha value is -1.82. The van der Waals surface area contributed by atoms with E-state index >= 15 is 0 Å². The Labute approximate surface area is 136 Å². The van der Waals surface area contributed by atoms with Crippen LogP contribution in [0, 0.1) is 0 Å². The Balaban J connectivity index is 1.50. The molecule has 0 spiro atoms. The van der Waals surface area contributed by atoms with Crippen molar-refractivity contribution in [2.75, 3.05) is 7.05 Å². The van der Waals surface area contributed by atoms with Crippen LogP contribution in [-0.4, -0.2) is 21.9 Å². The molecule has 0 bridgehead atoms. The maximum atomic E-state index is 4.70. The fourth-order valence-electron chi connectivity index (χ4n) is 2.49. The summed E-state index contributed by atoms with van der Waals surface area (Å²) < 4.78 is 2.51. The van der Waals surface area contributed by atoms with Crippen LogP contribution in [0.4, 0.5) is 0 Å². The Kier molecular flexibility index (Phi) is 3.62. The second-order valence-corrected chi connectivity index (χ2v) is 7.55. The lowest BCUT2D eigenvalue weighted by Crippen LogP contribution is -2.16. The predicted molar refractivity (Wildman–Crippen MR) is 94.4 cm³/mol. The highest BCUT2D eigenvalue weighted by Crippen LogP contribution is 2.25. The summed E-state index contributed by atoms with van der Waals surface area (Å²) in [7, 11) is 2.12. The molecule has 0 saturated heterocycles. The second-order valence-electron chi connectivity index (χ2n) is 5.32. The number of thiazole rings is 2. The highest BCUT2D eigenvalue weighted by molar-refractivity contribution is 7.18. The molecule has 4 aromatic rings. The molecule has 0 unspecified atom stereocenters. The molecule has 110 valence electrons.